The quantitative estimate of drug-likeness (QED) is 0.532. The summed E-state index contributed by atoms with van der Waals surface area (Å²) in [5.41, 5.74) is 1.26. The standard InChI is InChI=1S/C15H20O2/c1-3-8-14(15(16)17-4-2)12-11-13-9-6-5-7-10-13/h3,5-7,9-10,14H,1,4,8,11-12H2,2H3. The van der Waals surface area contributed by atoms with Gasteiger partial charge in [-0.2, -0.15) is 0 Å². The second-order valence-electron chi connectivity index (χ2n) is 4.00. The van der Waals surface area contributed by atoms with Gasteiger partial charge in [0.25, 0.3) is 0 Å². The van der Waals surface area contributed by atoms with Crippen LogP contribution in [0, 0.1) is 5.92 Å². The summed E-state index contributed by atoms with van der Waals surface area (Å²) >= 11 is 0. The minimum Gasteiger partial charge on any atom is -0.466 e. The zero-order chi connectivity index (χ0) is 12.5. The largest absolute Gasteiger partial charge is 0.466 e. The topological polar surface area (TPSA) is 26.3 Å². The molecule has 1 unspecified atom stereocenters. The number of hydrogen-bond donors (Lipinski definition) is 0. The fraction of sp³-hybridized carbons (Fsp3) is 0.400. The van der Waals surface area contributed by atoms with E-state index >= 15 is 0 Å². The summed E-state index contributed by atoms with van der Waals surface area (Å²) in [5, 5.41) is 0. The second-order valence-corrected chi connectivity index (χ2v) is 4.00. The lowest BCUT2D eigenvalue weighted by atomic mass is 9.96. The van der Waals surface area contributed by atoms with Gasteiger partial charge in [-0.15, -0.1) is 6.58 Å². The minimum atomic E-state index is -0.108. The van der Waals surface area contributed by atoms with Gasteiger partial charge < -0.3 is 4.74 Å². The monoisotopic (exact) mass is 232 g/mol. The maximum Gasteiger partial charge on any atom is 0.309 e. The van der Waals surface area contributed by atoms with Crippen LogP contribution in [-0.2, 0) is 16.0 Å². The molecule has 0 spiro atoms. The molecule has 0 aromatic heterocycles. The number of aryl methyl sites for hydroxylation is 1. The lowest BCUT2D eigenvalue weighted by molar-refractivity contribution is -0.148. The number of allylic oxidation sites excluding steroid dienone is 1. The number of carbonyl (C=O) groups excluding carboxylic acids is 1. The molecule has 17 heavy (non-hydrogen) atoms. The van der Waals surface area contributed by atoms with Crippen LogP contribution < -0.4 is 0 Å². The zero-order valence-electron chi connectivity index (χ0n) is 10.4. The molecule has 2 nitrogen and oxygen atoms in total. The first-order valence-electron chi connectivity index (χ1n) is 6.09. The Morgan fingerprint density at radius 1 is 1.41 bits per heavy atom. The molecule has 0 saturated carbocycles. The molecule has 0 heterocycles. The molecule has 0 aliphatic heterocycles. The SMILES string of the molecule is C=CCC(CCc1ccccc1)C(=O)OCC. The Morgan fingerprint density at radius 2 is 2.12 bits per heavy atom. The van der Waals surface area contributed by atoms with Crippen molar-refractivity contribution in [2.24, 2.45) is 5.92 Å². The molecule has 2 heteroatoms. The molecule has 0 aliphatic carbocycles. The van der Waals surface area contributed by atoms with Crippen molar-refractivity contribution in [1.82, 2.24) is 0 Å². The van der Waals surface area contributed by atoms with Gasteiger partial charge in [-0.1, -0.05) is 36.4 Å². The van der Waals surface area contributed by atoms with Gasteiger partial charge in [0.1, 0.15) is 0 Å². The van der Waals surface area contributed by atoms with E-state index in [-0.39, 0.29) is 11.9 Å². The van der Waals surface area contributed by atoms with E-state index in [1.807, 2.05) is 25.1 Å². The molecule has 0 amide bonds. The van der Waals surface area contributed by atoms with Gasteiger partial charge in [0.2, 0.25) is 0 Å². The molecular weight excluding hydrogens is 212 g/mol. The first kappa shape index (κ1) is 13.5. The molecule has 0 bridgehead atoms. The number of hydrogen-bond acceptors (Lipinski definition) is 2. The van der Waals surface area contributed by atoms with Crippen LogP contribution >= 0.6 is 0 Å². The van der Waals surface area contributed by atoms with Crippen LogP contribution in [0.3, 0.4) is 0 Å². The van der Waals surface area contributed by atoms with Crippen LogP contribution in [0.25, 0.3) is 0 Å². The van der Waals surface area contributed by atoms with Crippen LogP contribution in [0.1, 0.15) is 25.3 Å². The highest BCUT2D eigenvalue weighted by molar-refractivity contribution is 5.72. The van der Waals surface area contributed by atoms with Gasteiger partial charge in [0.15, 0.2) is 0 Å². The Bertz CT molecular complexity index is 343. The Morgan fingerprint density at radius 3 is 2.71 bits per heavy atom. The van der Waals surface area contributed by atoms with Gasteiger partial charge in [0, 0.05) is 0 Å². The molecule has 0 N–H and O–H groups in total. The number of benzene rings is 1. The molecule has 1 aromatic rings. The lowest BCUT2D eigenvalue weighted by Crippen LogP contribution is -2.18. The summed E-state index contributed by atoms with van der Waals surface area (Å²) < 4.78 is 5.06. The van der Waals surface area contributed by atoms with E-state index in [1.165, 1.54) is 5.56 Å². The van der Waals surface area contributed by atoms with Crippen LogP contribution in [0.15, 0.2) is 43.0 Å². The van der Waals surface area contributed by atoms with Crippen molar-refractivity contribution in [3.63, 3.8) is 0 Å². The van der Waals surface area contributed by atoms with E-state index in [4.69, 9.17) is 4.74 Å². The number of ether oxygens (including phenoxy) is 1. The maximum atomic E-state index is 11.7. The van der Waals surface area contributed by atoms with Crippen molar-refractivity contribution >= 4 is 5.97 Å². The molecular formula is C15H20O2. The summed E-state index contributed by atoms with van der Waals surface area (Å²) in [7, 11) is 0. The molecule has 92 valence electrons. The first-order valence-corrected chi connectivity index (χ1v) is 6.09. The van der Waals surface area contributed by atoms with Crippen LogP contribution in [0.2, 0.25) is 0 Å². The van der Waals surface area contributed by atoms with Crippen molar-refractivity contribution in [2.75, 3.05) is 6.61 Å². The van der Waals surface area contributed by atoms with Crippen molar-refractivity contribution in [3.05, 3.63) is 48.6 Å². The lowest BCUT2D eigenvalue weighted by Gasteiger charge is -2.13. The zero-order valence-corrected chi connectivity index (χ0v) is 10.4. The van der Waals surface area contributed by atoms with E-state index in [1.54, 1.807) is 6.08 Å². The van der Waals surface area contributed by atoms with E-state index in [2.05, 4.69) is 18.7 Å². The third kappa shape index (κ3) is 4.85. The highest BCUT2D eigenvalue weighted by atomic mass is 16.5. The average molecular weight is 232 g/mol. The molecule has 0 aliphatic rings. The van der Waals surface area contributed by atoms with Crippen molar-refractivity contribution < 1.29 is 9.53 Å². The number of carbonyl (C=O) groups is 1. The van der Waals surface area contributed by atoms with Gasteiger partial charge in [0.05, 0.1) is 12.5 Å². The Labute approximate surface area is 103 Å². The van der Waals surface area contributed by atoms with E-state index in [0.717, 1.165) is 12.8 Å². The third-order valence-electron chi connectivity index (χ3n) is 2.70. The maximum absolute atomic E-state index is 11.7. The fourth-order valence-electron chi connectivity index (χ4n) is 1.78. The summed E-state index contributed by atoms with van der Waals surface area (Å²) in [6.45, 7) is 5.97. The normalized spacial score (nSPS) is 11.8. The Hall–Kier alpha value is -1.57. The van der Waals surface area contributed by atoms with Crippen molar-refractivity contribution in [1.29, 1.82) is 0 Å². The molecule has 0 radical (unpaired) electrons. The van der Waals surface area contributed by atoms with Gasteiger partial charge in [-0.25, -0.2) is 0 Å². The number of esters is 1. The summed E-state index contributed by atoms with van der Waals surface area (Å²) in [5.74, 6) is -0.170. The average Bonchev–Trinajstić information content (AvgIpc) is 2.36. The molecule has 1 atom stereocenters. The van der Waals surface area contributed by atoms with Crippen molar-refractivity contribution in [3.8, 4) is 0 Å². The van der Waals surface area contributed by atoms with Gasteiger partial charge in [-0.3, -0.25) is 4.79 Å². The predicted molar refractivity (Wildman–Crippen MR) is 69.7 cm³/mol. The fourth-order valence-corrected chi connectivity index (χ4v) is 1.78. The van der Waals surface area contributed by atoms with Gasteiger partial charge >= 0.3 is 5.97 Å². The van der Waals surface area contributed by atoms with E-state index in [0.29, 0.717) is 13.0 Å². The highest BCUT2D eigenvalue weighted by Gasteiger charge is 2.17. The van der Waals surface area contributed by atoms with Crippen LogP contribution in [0.5, 0.6) is 0 Å². The minimum absolute atomic E-state index is 0.0624. The smallest absolute Gasteiger partial charge is 0.309 e. The molecule has 1 aromatic carbocycles. The Balaban J connectivity index is 2.49. The summed E-state index contributed by atoms with van der Waals surface area (Å²) in [6, 6.07) is 10.2. The first-order chi connectivity index (χ1) is 8.27. The predicted octanol–water partition coefficient (Wildman–Crippen LogP) is 3.37. The highest BCUT2D eigenvalue weighted by Crippen LogP contribution is 2.15. The van der Waals surface area contributed by atoms with Crippen LogP contribution in [-0.4, -0.2) is 12.6 Å². The van der Waals surface area contributed by atoms with E-state index in [9.17, 15) is 4.79 Å². The molecule has 0 saturated heterocycles. The van der Waals surface area contributed by atoms with Crippen LogP contribution in [0.4, 0.5) is 0 Å². The summed E-state index contributed by atoms with van der Waals surface area (Å²) in [4.78, 5) is 11.7. The second kappa shape index (κ2) is 7.66. The van der Waals surface area contributed by atoms with Crippen molar-refractivity contribution in [2.45, 2.75) is 26.2 Å². The molecule has 0 fully saturated rings. The van der Waals surface area contributed by atoms with Gasteiger partial charge in [-0.05, 0) is 31.7 Å². The third-order valence-corrected chi connectivity index (χ3v) is 2.70. The number of rotatable bonds is 7. The molecule has 1 rings (SSSR count). The van der Waals surface area contributed by atoms with E-state index < -0.39 is 0 Å². The Kier molecular flexibility index (Phi) is 6.08. The summed E-state index contributed by atoms with van der Waals surface area (Å²) in [6.07, 6.45) is 4.19.